The number of amides is 1. The number of aliphatic hydroxyl groups excluding tert-OH is 1. The molecule has 2 aromatic rings. The van der Waals surface area contributed by atoms with E-state index < -0.39 is 0 Å². The SMILES string of the molecule is Cc1ccc(CO)cc1NC(=O)CC(C)c1cccc(F)c1. The zero-order chi connectivity index (χ0) is 16.1. The second kappa shape index (κ2) is 7.18. The zero-order valence-electron chi connectivity index (χ0n) is 12.8. The van der Waals surface area contributed by atoms with Gasteiger partial charge in [-0.2, -0.15) is 0 Å². The first-order valence-electron chi connectivity index (χ1n) is 7.25. The highest BCUT2D eigenvalue weighted by molar-refractivity contribution is 5.92. The zero-order valence-corrected chi connectivity index (χ0v) is 12.8. The summed E-state index contributed by atoms with van der Waals surface area (Å²) >= 11 is 0. The largest absolute Gasteiger partial charge is 0.392 e. The molecule has 0 bridgehead atoms. The van der Waals surface area contributed by atoms with Gasteiger partial charge in [-0.05, 0) is 47.7 Å². The Balaban J connectivity index is 2.04. The third kappa shape index (κ3) is 4.15. The Morgan fingerprint density at radius 2 is 2.05 bits per heavy atom. The first kappa shape index (κ1) is 16.2. The Morgan fingerprint density at radius 3 is 2.73 bits per heavy atom. The van der Waals surface area contributed by atoms with Gasteiger partial charge in [-0.15, -0.1) is 0 Å². The summed E-state index contributed by atoms with van der Waals surface area (Å²) < 4.78 is 13.2. The van der Waals surface area contributed by atoms with Crippen molar-refractivity contribution in [2.24, 2.45) is 0 Å². The lowest BCUT2D eigenvalue weighted by Gasteiger charge is -2.14. The van der Waals surface area contributed by atoms with E-state index in [1.807, 2.05) is 32.0 Å². The minimum absolute atomic E-state index is 0.0666. The molecule has 4 heteroatoms. The molecular weight excluding hydrogens is 281 g/mol. The van der Waals surface area contributed by atoms with E-state index in [0.717, 1.165) is 16.7 Å². The molecule has 2 N–H and O–H groups in total. The van der Waals surface area contributed by atoms with Crippen LogP contribution in [-0.2, 0) is 11.4 Å². The Kier molecular flexibility index (Phi) is 5.28. The molecule has 0 aliphatic heterocycles. The number of aliphatic hydroxyl groups is 1. The summed E-state index contributed by atoms with van der Waals surface area (Å²) in [6.45, 7) is 3.72. The van der Waals surface area contributed by atoms with Gasteiger partial charge in [0.15, 0.2) is 0 Å². The monoisotopic (exact) mass is 301 g/mol. The van der Waals surface area contributed by atoms with E-state index >= 15 is 0 Å². The quantitative estimate of drug-likeness (QED) is 0.883. The summed E-state index contributed by atoms with van der Waals surface area (Å²) in [7, 11) is 0. The molecule has 0 aromatic heterocycles. The van der Waals surface area contributed by atoms with Crippen LogP contribution in [-0.4, -0.2) is 11.0 Å². The molecule has 0 fully saturated rings. The first-order chi connectivity index (χ1) is 10.5. The molecule has 0 saturated heterocycles. The van der Waals surface area contributed by atoms with Gasteiger partial charge in [-0.25, -0.2) is 4.39 Å². The summed E-state index contributed by atoms with van der Waals surface area (Å²) in [6.07, 6.45) is 0.270. The molecule has 3 nitrogen and oxygen atoms in total. The smallest absolute Gasteiger partial charge is 0.224 e. The van der Waals surface area contributed by atoms with Crippen molar-refractivity contribution in [1.29, 1.82) is 0 Å². The maximum atomic E-state index is 13.2. The number of aryl methyl sites for hydroxylation is 1. The van der Waals surface area contributed by atoms with Crippen molar-refractivity contribution in [2.45, 2.75) is 32.8 Å². The Hall–Kier alpha value is -2.20. The maximum absolute atomic E-state index is 13.2. The van der Waals surface area contributed by atoms with Crippen LogP contribution in [0.5, 0.6) is 0 Å². The van der Waals surface area contributed by atoms with Crippen molar-refractivity contribution >= 4 is 11.6 Å². The van der Waals surface area contributed by atoms with Crippen molar-refractivity contribution in [2.75, 3.05) is 5.32 Å². The highest BCUT2D eigenvalue weighted by atomic mass is 19.1. The fraction of sp³-hybridized carbons (Fsp3) is 0.278. The second-order valence-electron chi connectivity index (χ2n) is 5.52. The Labute approximate surface area is 129 Å². The van der Waals surface area contributed by atoms with E-state index in [9.17, 15) is 9.18 Å². The number of hydrogen-bond donors (Lipinski definition) is 2. The molecule has 2 aromatic carbocycles. The van der Waals surface area contributed by atoms with E-state index in [2.05, 4.69) is 5.32 Å². The van der Waals surface area contributed by atoms with Gasteiger partial charge < -0.3 is 10.4 Å². The number of halogens is 1. The molecule has 1 unspecified atom stereocenters. The lowest BCUT2D eigenvalue weighted by Crippen LogP contribution is -2.15. The highest BCUT2D eigenvalue weighted by Gasteiger charge is 2.13. The number of hydrogen-bond acceptors (Lipinski definition) is 2. The molecule has 0 radical (unpaired) electrons. The predicted molar refractivity (Wildman–Crippen MR) is 85.2 cm³/mol. The van der Waals surface area contributed by atoms with Crippen molar-refractivity contribution in [3.8, 4) is 0 Å². The number of nitrogens with one attached hydrogen (secondary N) is 1. The second-order valence-corrected chi connectivity index (χ2v) is 5.52. The molecule has 0 spiro atoms. The van der Waals surface area contributed by atoms with Crippen LogP contribution in [0.2, 0.25) is 0 Å². The normalized spacial score (nSPS) is 12.0. The molecule has 0 aliphatic rings. The number of carbonyl (C=O) groups excluding carboxylic acids is 1. The number of rotatable bonds is 5. The molecule has 2 rings (SSSR count). The molecule has 116 valence electrons. The third-order valence-corrected chi connectivity index (χ3v) is 3.67. The topological polar surface area (TPSA) is 49.3 Å². The Morgan fingerprint density at radius 1 is 1.27 bits per heavy atom. The van der Waals surface area contributed by atoms with Gasteiger partial charge in [-0.1, -0.05) is 31.2 Å². The lowest BCUT2D eigenvalue weighted by molar-refractivity contribution is -0.116. The standard InChI is InChI=1S/C18H20FNO2/c1-12-6-7-14(11-21)9-17(12)20-18(22)8-13(2)15-4-3-5-16(19)10-15/h3-7,9-10,13,21H,8,11H2,1-2H3,(H,20,22). The van der Waals surface area contributed by atoms with E-state index in [4.69, 9.17) is 5.11 Å². The van der Waals surface area contributed by atoms with Crippen LogP contribution in [0.1, 0.15) is 36.0 Å². The minimum atomic E-state index is -0.295. The highest BCUT2D eigenvalue weighted by Crippen LogP contribution is 2.22. The van der Waals surface area contributed by atoms with Gasteiger partial charge in [0.25, 0.3) is 0 Å². The summed E-state index contributed by atoms with van der Waals surface area (Å²) in [5, 5.41) is 12.0. The van der Waals surface area contributed by atoms with Gasteiger partial charge in [0.2, 0.25) is 5.91 Å². The summed E-state index contributed by atoms with van der Waals surface area (Å²) in [6, 6.07) is 11.7. The Bertz CT molecular complexity index is 670. The summed E-state index contributed by atoms with van der Waals surface area (Å²) in [4.78, 5) is 12.2. The van der Waals surface area contributed by atoms with Crippen LogP contribution < -0.4 is 5.32 Å². The molecule has 0 saturated carbocycles. The summed E-state index contributed by atoms with van der Waals surface area (Å²) in [5.41, 5.74) is 3.18. The van der Waals surface area contributed by atoms with Crippen LogP contribution in [0.4, 0.5) is 10.1 Å². The van der Waals surface area contributed by atoms with E-state index in [-0.39, 0.29) is 30.7 Å². The van der Waals surface area contributed by atoms with Crippen LogP contribution >= 0.6 is 0 Å². The number of benzene rings is 2. The van der Waals surface area contributed by atoms with Gasteiger partial charge in [0.1, 0.15) is 5.82 Å². The average molecular weight is 301 g/mol. The lowest BCUT2D eigenvalue weighted by atomic mass is 9.97. The van der Waals surface area contributed by atoms with E-state index in [1.165, 1.54) is 12.1 Å². The van der Waals surface area contributed by atoms with Gasteiger partial charge >= 0.3 is 0 Å². The van der Waals surface area contributed by atoms with Gasteiger partial charge in [0.05, 0.1) is 6.61 Å². The molecule has 1 amide bonds. The predicted octanol–water partition coefficient (Wildman–Crippen LogP) is 3.76. The van der Waals surface area contributed by atoms with Gasteiger partial charge in [0, 0.05) is 12.1 Å². The van der Waals surface area contributed by atoms with E-state index in [1.54, 1.807) is 12.1 Å². The van der Waals surface area contributed by atoms with Crippen molar-refractivity contribution in [1.82, 2.24) is 0 Å². The molecular formula is C18H20FNO2. The van der Waals surface area contributed by atoms with Crippen molar-refractivity contribution in [3.05, 3.63) is 65.0 Å². The number of carbonyl (C=O) groups is 1. The molecule has 22 heavy (non-hydrogen) atoms. The molecule has 0 heterocycles. The van der Waals surface area contributed by atoms with Gasteiger partial charge in [-0.3, -0.25) is 4.79 Å². The summed E-state index contributed by atoms with van der Waals surface area (Å²) in [5.74, 6) is -0.497. The van der Waals surface area contributed by atoms with Crippen LogP contribution in [0.25, 0.3) is 0 Å². The van der Waals surface area contributed by atoms with Crippen LogP contribution in [0.3, 0.4) is 0 Å². The van der Waals surface area contributed by atoms with Crippen molar-refractivity contribution in [3.63, 3.8) is 0 Å². The molecule has 0 aliphatic carbocycles. The average Bonchev–Trinajstić information content (AvgIpc) is 2.49. The molecule has 1 atom stereocenters. The first-order valence-corrected chi connectivity index (χ1v) is 7.25. The van der Waals surface area contributed by atoms with Crippen LogP contribution in [0.15, 0.2) is 42.5 Å². The fourth-order valence-corrected chi connectivity index (χ4v) is 2.31. The number of anilines is 1. The minimum Gasteiger partial charge on any atom is -0.392 e. The van der Waals surface area contributed by atoms with Crippen LogP contribution in [0, 0.1) is 12.7 Å². The van der Waals surface area contributed by atoms with Crippen molar-refractivity contribution < 1.29 is 14.3 Å². The maximum Gasteiger partial charge on any atom is 0.224 e. The van der Waals surface area contributed by atoms with E-state index in [0.29, 0.717) is 5.69 Å². The third-order valence-electron chi connectivity index (χ3n) is 3.67. The fourth-order valence-electron chi connectivity index (χ4n) is 2.31.